The van der Waals surface area contributed by atoms with Gasteiger partial charge in [0.05, 0.1) is 0 Å². The molecule has 23 heavy (non-hydrogen) atoms. The van der Waals surface area contributed by atoms with E-state index in [1.165, 1.54) is 0 Å². The Kier molecular flexibility index (Phi) is 12.0. The first kappa shape index (κ1) is 21.4. The molecule has 0 spiro atoms. The van der Waals surface area contributed by atoms with Gasteiger partial charge in [-0.2, -0.15) is 0 Å². The molecule has 0 heterocycles. The van der Waals surface area contributed by atoms with E-state index in [1.807, 2.05) is 37.3 Å². The molecule has 0 aliphatic heterocycles. The number of hydrogen-bond donors (Lipinski definition) is 3. The summed E-state index contributed by atoms with van der Waals surface area (Å²) in [4.78, 5) is 15.8. The van der Waals surface area contributed by atoms with Gasteiger partial charge in [0.15, 0.2) is 5.96 Å². The largest absolute Gasteiger partial charge is 0.356 e. The molecule has 0 saturated heterocycles. The Morgan fingerprint density at radius 3 is 2.65 bits per heavy atom. The van der Waals surface area contributed by atoms with Crippen LogP contribution in [0.3, 0.4) is 0 Å². The number of amides is 1. The molecular weight excluding hydrogens is 403 g/mol. The van der Waals surface area contributed by atoms with E-state index in [0.717, 1.165) is 37.5 Å². The van der Waals surface area contributed by atoms with E-state index >= 15 is 0 Å². The molecule has 0 fully saturated rings. The van der Waals surface area contributed by atoms with Crippen LogP contribution in [0.15, 0.2) is 41.4 Å². The van der Waals surface area contributed by atoms with Crippen LogP contribution in [0.1, 0.15) is 29.3 Å². The molecule has 0 aliphatic carbocycles. The highest BCUT2D eigenvalue weighted by Gasteiger charge is 2.03. The predicted molar refractivity (Wildman–Crippen MR) is 108 cm³/mol. The standard InChI is InChI=1S/C17H26N4O.HI/c1-4-5-6-11-20-17(19-3)21-12-10-14-8-7-9-15(13-14)16(22)18-2;/h4-5,7-9,13H,6,10-12H2,1-3H3,(H,18,22)(H2,19,20,21);1H/b5-4+;. The Balaban J connectivity index is 0.00000484. The van der Waals surface area contributed by atoms with Gasteiger partial charge in [-0.05, 0) is 37.5 Å². The molecular formula is C17H27IN4O. The molecule has 0 radical (unpaired) electrons. The Labute approximate surface area is 156 Å². The number of halogens is 1. The second kappa shape index (κ2) is 12.9. The SMILES string of the molecule is C/C=C/CCNC(=NC)NCCc1cccc(C(=O)NC)c1.I. The zero-order chi connectivity index (χ0) is 16.2. The summed E-state index contributed by atoms with van der Waals surface area (Å²) < 4.78 is 0. The number of carbonyl (C=O) groups is 1. The van der Waals surface area contributed by atoms with Gasteiger partial charge in [0.2, 0.25) is 0 Å². The first-order chi connectivity index (χ1) is 10.7. The van der Waals surface area contributed by atoms with Gasteiger partial charge in [0.1, 0.15) is 0 Å². The van der Waals surface area contributed by atoms with Crippen LogP contribution in [-0.2, 0) is 6.42 Å². The highest BCUT2D eigenvalue weighted by atomic mass is 127. The van der Waals surface area contributed by atoms with Crippen molar-refractivity contribution in [1.29, 1.82) is 0 Å². The van der Waals surface area contributed by atoms with Gasteiger partial charge < -0.3 is 16.0 Å². The fourth-order valence-electron chi connectivity index (χ4n) is 2.00. The third-order valence-electron chi connectivity index (χ3n) is 3.19. The maximum Gasteiger partial charge on any atom is 0.251 e. The van der Waals surface area contributed by atoms with Crippen molar-refractivity contribution in [3.05, 3.63) is 47.5 Å². The molecule has 1 aromatic rings. The number of nitrogens with zero attached hydrogens (tertiary/aromatic N) is 1. The van der Waals surface area contributed by atoms with Crippen LogP contribution in [0.2, 0.25) is 0 Å². The van der Waals surface area contributed by atoms with Crippen molar-refractivity contribution in [3.63, 3.8) is 0 Å². The van der Waals surface area contributed by atoms with Gasteiger partial charge in [0.25, 0.3) is 5.91 Å². The van der Waals surface area contributed by atoms with E-state index in [9.17, 15) is 4.79 Å². The third-order valence-corrected chi connectivity index (χ3v) is 3.19. The fourth-order valence-corrected chi connectivity index (χ4v) is 2.00. The average molecular weight is 430 g/mol. The summed E-state index contributed by atoms with van der Waals surface area (Å²) in [5, 5.41) is 9.16. The molecule has 1 amide bonds. The highest BCUT2D eigenvalue weighted by molar-refractivity contribution is 14.0. The Hall–Kier alpha value is -1.57. The van der Waals surface area contributed by atoms with Crippen molar-refractivity contribution < 1.29 is 4.79 Å². The molecule has 0 atom stereocenters. The van der Waals surface area contributed by atoms with Crippen molar-refractivity contribution in [1.82, 2.24) is 16.0 Å². The first-order valence-electron chi connectivity index (χ1n) is 7.58. The number of benzene rings is 1. The molecule has 0 saturated carbocycles. The van der Waals surface area contributed by atoms with E-state index in [0.29, 0.717) is 5.56 Å². The van der Waals surface area contributed by atoms with Gasteiger partial charge in [0, 0.05) is 32.7 Å². The van der Waals surface area contributed by atoms with Crippen LogP contribution in [0.4, 0.5) is 0 Å². The van der Waals surface area contributed by atoms with E-state index in [1.54, 1.807) is 14.1 Å². The average Bonchev–Trinajstić information content (AvgIpc) is 2.56. The molecule has 5 nitrogen and oxygen atoms in total. The minimum Gasteiger partial charge on any atom is -0.356 e. The fraction of sp³-hybridized carbons (Fsp3) is 0.412. The Morgan fingerprint density at radius 2 is 2.00 bits per heavy atom. The van der Waals surface area contributed by atoms with Crippen LogP contribution in [0, 0.1) is 0 Å². The van der Waals surface area contributed by atoms with Crippen molar-refractivity contribution in [2.45, 2.75) is 19.8 Å². The molecule has 6 heteroatoms. The number of carbonyl (C=O) groups excluding carboxylic acids is 1. The topological polar surface area (TPSA) is 65.5 Å². The Morgan fingerprint density at radius 1 is 1.26 bits per heavy atom. The minimum atomic E-state index is -0.0590. The number of rotatable bonds is 7. The lowest BCUT2D eigenvalue weighted by Gasteiger charge is -2.11. The summed E-state index contributed by atoms with van der Waals surface area (Å²) >= 11 is 0. The molecule has 0 unspecified atom stereocenters. The quantitative estimate of drug-likeness (QED) is 0.205. The van der Waals surface area contributed by atoms with Crippen molar-refractivity contribution in [2.24, 2.45) is 4.99 Å². The molecule has 0 aromatic heterocycles. The van der Waals surface area contributed by atoms with Crippen LogP contribution >= 0.6 is 24.0 Å². The summed E-state index contributed by atoms with van der Waals surface area (Å²) in [6.07, 6.45) is 5.97. The van der Waals surface area contributed by atoms with Gasteiger partial charge in [-0.3, -0.25) is 9.79 Å². The number of aliphatic imine (C=N–C) groups is 1. The monoisotopic (exact) mass is 430 g/mol. The van der Waals surface area contributed by atoms with Gasteiger partial charge >= 0.3 is 0 Å². The van der Waals surface area contributed by atoms with Crippen LogP contribution in [0.25, 0.3) is 0 Å². The van der Waals surface area contributed by atoms with Crippen molar-refractivity contribution in [3.8, 4) is 0 Å². The van der Waals surface area contributed by atoms with Crippen LogP contribution < -0.4 is 16.0 Å². The lowest BCUT2D eigenvalue weighted by molar-refractivity contribution is 0.0963. The van der Waals surface area contributed by atoms with Crippen LogP contribution in [-0.4, -0.2) is 39.1 Å². The van der Waals surface area contributed by atoms with Crippen LogP contribution in [0.5, 0.6) is 0 Å². The predicted octanol–water partition coefficient (Wildman–Crippen LogP) is 2.34. The smallest absolute Gasteiger partial charge is 0.251 e. The second-order valence-corrected chi connectivity index (χ2v) is 4.81. The zero-order valence-electron chi connectivity index (χ0n) is 14.1. The highest BCUT2D eigenvalue weighted by Crippen LogP contribution is 2.05. The van der Waals surface area contributed by atoms with E-state index < -0.39 is 0 Å². The lowest BCUT2D eigenvalue weighted by atomic mass is 10.1. The summed E-state index contributed by atoms with van der Waals surface area (Å²) in [5.74, 6) is 0.739. The summed E-state index contributed by atoms with van der Waals surface area (Å²) in [5.41, 5.74) is 1.81. The number of hydrogen-bond acceptors (Lipinski definition) is 2. The third kappa shape index (κ3) is 8.59. The van der Waals surface area contributed by atoms with E-state index in [4.69, 9.17) is 0 Å². The summed E-state index contributed by atoms with van der Waals surface area (Å²) in [6, 6.07) is 7.67. The molecule has 128 valence electrons. The van der Waals surface area contributed by atoms with E-state index in [2.05, 4.69) is 27.0 Å². The number of nitrogens with one attached hydrogen (secondary N) is 3. The summed E-state index contributed by atoms with van der Waals surface area (Å²) in [7, 11) is 3.40. The number of allylic oxidation sites excluding steroid dienone is 1. The van der Waals surface area contributed by atoms with Crippen molar-refractivity contribution in [2.75, 3.05) is 27.2 Å². The normalized spacial score (nSPS) is 11.0. The van der Waals surface area contributed by atoms with Crippen molar-refractivity contribution >= 4 is 35.8 Å². The van der Waals surface area contributed by atoms with E-state index in [-0.39, 0.29) is 29.9 Å². The molecule has 3 N–H and O–H groups in total. The zero-order valence-corrected chi connectivity index (χ0v) is 16.4. The maximum absolute atomic E-state index is 11.6. The molecule has 0 bridgehead atoms. The second-order valence-electron chi connectivity index (χ2n) is 4.81. The lowest BCUT2D eigenvalue weighted by Crippen LogP contribution is -2.38. The Bertz CT molecular complexity index is 529. The first-order valence-corrected chi connectivity index (χ1v) is 7.58. The minimum absolute atomic E-state index is 0. The number of guanidine groups is 1. The maximum atomic E-state index is 11.6. The molecule has 1 rings (SSSR count). The van der Waals surface area contributed by atoms with Gasteiger partial charge in [-0.1, -0.05) is 24.3 Å². The molecule has 1 aromatic carbocycles. The van der Waals surface area contributed by atoms with Gasteiger partial charge in [-0.25, -0.2) is 0 Å². The summed E-state index contributed by atoms with van der Waals surface area (Å²) in [6.45, 7) is 3.64. The van der Waals surface area contributed by atoms with Gasteiger partial charge in [-0.15, -0.1) is 24.0 Å². The molecule has 0 aliphatic rings.